The van der Waals surface area contributed by atoms with Crippen molar-refractivity contribution in [3.63, 3.8) is 0 Å². The molecule has 24 heavy (non-hydrogen) atoms. The van der Waals surface area contributed by atoms with E-state index in [0.717, 1.165) is 11.4 Å². The van der Waals surface area contributed by atoms with E-state index in [4.69, 9.17) is 0 Å². The summed E-state index contributed by atoms with van der Waals surface area (Å²) < 4.78 is 28.5. The van der Waals surface area contributed by atoms with Crippen LogP contribution >= 0.6 is 0 Å². The third-order valence-electron chi connectivity index (χ3n) is 4.42. The van der Waals surface area contributed by atoms with Crippen molar-refractivity contribution < 1.29 is 13.9 Å². The highest BCUT2D eigenvalue weighted by Crippen LogP contribution is 2.40. The van der Waals surface area contributed by atoms with Crippen LogP contribution in [0.15, 0.2) is 12.1 Å². The third kappa shape index (κ3) is 3.61. The van der Waals surface area contributed by atoms with Crippen LogP contribution in [0.1, 0.15) is 55.1 Å². The minimum absolute atomic E-state index is 0.0592. The minimum atomic E-state index is -2.57. The van der Waals surface area contributed by atoms with Gasteiger partial charge < -0.3 is 5.11 Å². The summed E-state index contributed by atoms with van der Waals surface area (Å²) in [5, 5.41) is 14.3. The molecular formula is C17H22F2N4O. The molecule has 0 aliphatic heterocycles. The summed E-state index contributed by atoms with van der Waals surface area (Å²) in [5.74, 6) is -2.28. The fraction of sp³-hybridized carbons (Fsp3) is 0.588. The number of aryl methyl sites for hydroxylation is 2. The molecule has 0 bridgehead atoms. The number of hydrogen-bond donors (Lipinski definition) is 1. The second-order valence-corrected chi connectivity index (χ2v) is 6.77. The third-order valence-corrected chi connectivity index (χ3v) is 4.42. The second-order valence-electron chi connectivity index (χ2n) is 6.77. The molecule has 0 amide bonds. The molecule has 3 rings (SSSR count). The van der Waals surface area contributed by atoms with Crippen LogP contribution in [-0.4, -0.2) is 30.8 Å². The van der Waals surface area contributed by atoms with E-state index in [1.165, 1.54) is 0 Å². The fourth-order valence-corrected chi connectivity index (χ4v) is 3.26. The van der Waals surface area contributed by atoms with Gasteiger partial charge in [0, 0.05) is 24.2 Å². The Morgan fingerprint density at radius 3 is 2.62 bits per heavy atom. The Morgan fingerprint density at radius 2 is 2.08 bits per heavy atom. The van der Waals surface area contributed by atoms with Crippen molar-refractivity contribution in [3.8, 4) is 5.95 Å². The van der Waals surface area contributed by atoms with Gasteiger partial charge in [0.1, 0.15) is 0 Å². The van der Waals surface area contributed by atoms with Crippen molar-refractivity contribution >= 4 is 0 Å². The van der Waals surface area contributed by atoms with E-state index in [-0.39, 0.29) is 18.8 Å². The first kappa shape index (κ1) is 17.0. The van der Waals surface area contributed by atoms with E-state index in [2.05, 4.69) is 15.1 Å². The maximum atomic E-state index is 13.4. The zero-order chi connectivity index (χ0) is 17.5. The summed E-state index contributed by atoms with van der Waals surface area (Å²) in [7, 11) is 0. The van der Waals surface area contributed by atoms with Crippen molar-refractivity contribution in [2.45, 2.75) is 58.5 Å². The van der Waals surface area contributed by atoms with E-state index in [9.17, 15) is 13.9 Å². The molecule has 130 valence electrons. The van der Waals surface area contributed by atoms with Gasteiger partial charge in [0.15, 0.2) is 0 Å². The Morgan fingerprint density at radius 1 is 1.33 bits per heavy atom. The normalized spacial score (nSPS) is 21.2. The number of aromatic nitrogens is 4. The molecule has 0 radical (unpaired) electrons. The van der Waals surface area contributed by atoms with Gasteiger partial charge >= 0.3 is 0 Å². The molecule has 1 aliphatic rings. The van der Waals surface area contributed by atoms with Crippen molar-refractivity contribution in [2.75, 3.05) is 0 Å². The molecule has 2 aromatic heterocycles. The maximum absolute atomic E-state index is 13.4. The van der Waals surface area contributed by atoms with Gasteiger partial charge in [-0.1, -0.05) is 0 Å². The molecule has 2 aromatic rings. The van der Waals surface area contributed by atoms with E-state index in [1.807, 2.05) is 19.9 Å². The van der Waals surface area contributed by atoms with Crippen molar-refractivity contribution in [2.24, 2.45) is 5.92 Å². The van der Waals surface area contributed by atoms with E-state index < -0.39 is 12.0 Å². The average molecular weight is 336 g/mol. The van der Waals surface area contributed by atoms with Gasteiger partial charge in [-0.05, 0) is 51.7 Å². The van der Waals surface area contributed by atoms with Crippen LogP contribution in [0.5, 0.6) is 0 Å². The summed E-state index contributed by atoms with van der Waals surface area (Å²) in [6.45, 7) is 5.40. The standard InChI is InChI=1S/C17H22F2N4O/c1-10-6-11(2)23(22-10)16-20-14(8-15(21-16)12(3)24)7-13-4-5-17(18,19)9-13/h6,8,12-13,24H,4-5,7,9H2,1-3H3. The molecule has 0 spiro atoms. The lowest BCUT2D eigenvalue weighted by Crippen LogP contribution is -2.14. The molecular weight excluding hydrogens is 314 g/mol. The van der Waals surface area contributed by atoms with Gasteiger partial charge in [-0.3, -0.25) is 0 Å². The van der Waals surface area contributed by atoms with Gasteiger partial charge in [0.05, 0.1) is 17.5 Å². The topological polar surface area (TPSA) is 63.8 Å². The minimum Gasteiger partial charge on any atom is -0.387 e. The molecule has 0 saturated heterocycles. The summed E-state index contributed by atoms with van der Waals surface area (Å²) in [4.78, 5) is 8.88. The zero-order valence-electron chi connectivity index (χ0n) is 14.1. The second kappa shape index (κ2) is 6.20. The van der Waals surface area contributed by atoms with E-state index in [0.29, 0.717) is 30.2 Å². The number of aliphatic hydroxyl groups is 1. The SMILES string of the molecule is Cc1cc(C)n(-c2nc(CC3CCC(F)(F)C3)cc(C(C)O)n2)n1. The highest BCUT2D eigenvalue weighted by molar-refractivity contribution is 5.24. The Balaban J connectivity index is 1.93. The summed E-state index contributed by atoms with van der Waals surface area (Å²) in [6, 6.07) is 3.62. The predicted molar refractivity (Wildman–Crippen MR) is 85.3 cm³/mol. The van der Waals surface area contributed by atoms with Crippen LogP contribution in [0.2, 0.25) is 0 Å². The summed E-state index contributed by atoms with van der Waals surface area (Å²) in [5.41, 5.74) is 2.88. The van der Waals surface area contributed by atoms with Gasteiger partial charge in [-0.25, -0.2) is 23.4 Å². The highest BCUT2D eigenvalue weighted by Gasteiger charge is 2.39. The van der Waals surface area contributed by atoms with Crippen LogP contribution in [0.25, 0.3) is 5.95 Å². The predicted octanol–water partition coefficient (Wildman–Crippen LogP) is 3.31. The van der Waals surface area contributed by atoms with Crippen molar-refractivity contribution in [1.82, 2.24) is 19.7 Å². The smallest absolute Gasteiger partial charge is 0.251 e. The van der Waals surface area contributed by atoms with Crippen LogP contribution in [0, 0.1) is 19.8 Å². The Labute approximate surface area is 139 Å². The molecule has 1 aliphatic carbocycles. The van der Waals surface area contributed by atoms with Gasteiger partial charge in [0.2, 0.25) is 5.92 Å². The van der Waals surface area contributed by atoms with Crippen LogP contribution < -0.4 is 0 Å². The van der Waals surface area contributed by atoms with E-state index >= 15 is 0 Å². The Bertz CT molecular complexity index is 742. The molecule has 2 atom stereocenters. The number of nitrogens with zero attached hydrogens (tertiary/aromatic N) is 4. The van der Waals surface area contributed by atoms with E-state index in [1.54, 1.807) is 17.7 Å². The Kier molecular flexibility index (Phi) is 4.38. The zero-order valence-corrected chi connectivity index (χ0v) is 14.1. The Hall–Kier alpha value is -1.89. The molecule has 2 heterocycles. The van der Waals surface area contributed by atoms with Gasteiger partial charge in [0.25, 0.3) is 5.95 Å². The first-order chi connectivity index (χ1) is 11.2. The number of aliphatic hydroxyl groups excluding tert-OH is 1. The largest absolute Gasteiger partial charge is 0.387 e. The summed E-state index contributed by atoms with van der Waals surface area (Å²) in [6.07, 6.45) is 0.0416. The molecule has 1 N–H and O–H groups in total. The lowest BCUT2D eigenvalue weighted by Gasteiger charge is -2.13. The quantitative estimate of drug-likeness (QED) is 0.930. The average Bonchev–Trinajstić information content (AvgIpc) is 3.00. The lowest BCUT2D eigenvalue weighted by atomic mass is 10.0. The number of hydrogen-bond acceptors (Lipinski definition) is 4. The first-order valence-electron chi connectivity index (χ1n) is 8.21. The molecule has 2 unspecified atom stereocenters. The highest BCUT2D eigenvalue weighted by atomic mass is 19.3. The van der Waals surface area contributed by atoms with Crippen molar-refractivity contribution in [1.29, 1.82) is 0 Å². The fourth-order valence-electron chi connectivity index (χ4n) is 3.26. The maximum Gasteiger partial charge on any atom is 0.251 e. The molecule has 7 heteroatoms. The van der Waals surface area contributed by atoms with Crippen LogP contribution in [0.3, 0.4) is 0 Å². The van der Waals surface area contributed by atoms with Crippen molar-refractivity contribution in [3.05, 3.63) is 34.9 Å². The monoisotopic (exact) mass is 336 g/mol. The van der Waals surface area contributed by atoms with Crippen LogP contribution in [-0.2, 0) is 6.42 Å². The lowest BCUT2D eigenvalue weighted by molar-refractivity contribution is 0.00504. The van der Waals surface area contributed by atoms with Gasteiger partial charge in [-0.15, -0.1) is 0 Å². The molecule has 0 aromatic carbocycles. The number of halogens is 2. The number of alkyl halides is 2. The van der Waals surface area contributed by atoms with Crippen LogP contribution in [0.4, 0.5) is 8.78 Å². The van der Waals surface area contributed by atoms with Gasteiger partial charge in [-0.2, -0.15) is 5.10 Å². The molecule has 1 saturated carbocycles. The first-order valence-corrected chi connectivity index (χ1v) is 8.21. The molecule has 1 fully saturated rings. The summed E-state index contributed by atoms with van der Waals surface area (Å²) >= 11 is 0. The molecule has 5 nitrogen and oxygen atoms in total. The number of rotatable bonds is 4.